The number of benzene rings is 2. The maximum atomic E-state index is 14.4. The summed E-state index contributed by atoms with van der Waals surface area (Å²) in [7, 11) is 0. The normalized spacial score (nSPS) is 12.2. The van der Waals surface area contributed by atoms with Gasteiger partial charge < -0.3 is 5.73 Å². The number of hydrogen-bond donors (Lipinski definition) is 2. The Balaban J connectivity index is 2.32. The molecule has 4 N–H and O–H groups in total. The van der Waals surface area contributed by atoms with Gasteiger partial charge in [0.05, 0.1) is 11.8 Å². The predicted molar refractivity (Wildman–Crippen MR) is 86.9 cm³/mol. The number of halogens is 3. The molecule has 128 valence electrons. The second-order valence-corrected chi connectivity index (χ2v) is 6.32. The highest BCUT2D eigenvalue weighted by Crippen LogP contribution is 2.29. The molecule has 3 nitrogen and oxygen atoms in total. The Morgan fingerprint density at radius 2 is 1.67 bits per heavy atom. The van der Waals surface area contributed by atoms with E-state index in [2.05, 4.69) is 0 Å². The first kappa shape index (κ1) is 18.0. The van der Waals surface area contributed by atoms with E-state index in [4.69, 9.17) is 11.5 Å². The summed E-state index contributed by atoms with van der Waals surface area (Å²) in [4.78, 5) is 11.5. The van der Waals surface area contributed by atoms with E-state index in [1.807, 2.05) is 0 Å². The first-order valence-corrected chi connectivity index (χ1v) is 7.36. The summed E-state index contributed by atoms with van der Waals surface area (Å²) in [5, 5.41) is 0. The second-order valence-electron chi connectivity index (χ2n) is 6.32. The molecular formula is C18H19F3N2O. The molecule has 0 bridgehead atoms. The number of hydrogen-bond acceptors (Lipinski definition) is 2. The van der Waals surface area contributed by atoms with Crippen LogP contribution in [0.5, 0.6) is 0 Å². The molecule has 0 radical (unpaired) electrons. The predicted octanol–water partition coefficient (Wildman–Crippen LogP) is 3.35. The van der Waals surface area contributed by atoms with Crippen LogP contribution in [0, 0.1) is 5.82 Å². The molecule has 0 heterocycles. The van der Waals surface area contributed by atoms with Gasteiger partial charge in [0.2, 0.25) is 5.91 Å². The average Bonchev–Trinajstić information content (AvgIpc) is 2.46. The SMILES string of the molecule is CC(C)(C(N)=O)c1ccc(-c2ccc(CC(N)(F)F)cc2)c(F)c1. The molecule has 0 saturated heterocycles. The van der Waals surface area contributed by atoms with Gasteiger partial charge in [-0.05, 0) is 36.6 Å². The van der Waals surface area contributed by atoms with Crippen LogP contribution in [0.15, 0.2) is 42.5 Å². The smallest absolute Gasteiger partial charge is 0.304 e. The fraction of sp³-hybridized carbons (Fsp3) is 0.278. The summed E-state index contributed by atoms with van der Waals surface area (Å²) >= 11 is 0. The molecule has 0 fully saturated rings. The van der Waals surface area contributed by atoms with Crippen molar-refractivity contribution < 1.29 is 18.0 Å². The number of primary amides is 1. The molecule has 24 heavy (non-hydrogen) atoms. The van der Waals surface area contributed by atoms with Gasteiger partial charge in [0.15, 0.2) is 0 Å². The highest BCUT2D eigenvalue weighted by atomic mass is 19.3. The minimum atomic E-state index is -3.28. The highest BCUT2D eigenvalue weighted by molar-refractivity contribution is 5.86. The van der Waals surface area contributed by atoms with Gasteiger partial charge in [-0.2, -0.15) is 8.78 Å². The van der Waals surface area contributed by atoms with Crippen molar-refractivity contribution in [3.63, 3.8) is 0 Å². The van der Waals surface area contributed by atoms with Crippen LogP contribution in [0.3, 0.4) is 0 Å². The molecule has 0 saturated carbocycles. The number of carbonyl (C=O) groups is 1. The van der Waals surface area contributed by atoms with Gasteiger partial charge in [0, 0.05) is 5.56 Å². The van der Waals surface area contributed by atoms with Crippen molar-refractivity contribution in [1.82, 2.24) is 0 Å². The van der Waals surface area contributed by atoms with E-state index in [0.29, 0.717) is 22.3 Å². The molecular weight excluding hydrogens is 317 g/mol. The topological polar surface area (TPSA) is 69.1 Å². The monoisotopic (exact) mass is 336 g/mol. The Labute approximate surface area is 138 Å². The van der Waals surface area contributed by atoms with Crippen molar-refractivity contribution in [1.29, 1.82) is 0 Å². The van der Waals surface area contributed by atoms with Gasteiger partial charge in [-0.1, -0.05) is 36.4 Å². The Hall–Kier alpha value is -2.34. The fourth-order valence-corrected chi connectivity index (χ4v) is 2.35. The van der Waals surface area contributed by atoms with Crippen LogP contribution in [0.4, 0.5) is 13.2 Å². The summed E-state index contributed by atoms with van der Waals surface area (Å²) < 4.78 is 40.0. The van der Waals surface area contributed by atoms with E-state index in [1.165, 1.54) is 18.2 Å². The fourth-order valence-electron chi connectivity index (χ4n) is 2.35. The summed E-state index contributed by atoms with van der Waals surface area (Å²) in [6.45, 7) is 3.23. The molecule has 0 unspecified atom stereocenters. The third-order valence-corrected chi connectivity index (χ3v) is 4.01. The number of rotatable bonds is 5. The van der Waals surface area contributed by atoms with Crippen molar-refractivity contribution in [2.24, 2.45) is 11.5 Å². The quantitative estimate of drug-likeness (QED) is 0.822. The lowest BCUT2D eigenvalue weighted by molar-refractivity contribution is -0.122. The Morgan fingerprint density at radius 3 is 2.12 bits per heavy atom. The molecule has 0 aliphatic heterocycles. The van der Waals surface area contributed by atoms with Crippen LogP contribution >= 0.6 is 0 Å². The van der Waals surface area contributed by atoms with Crippen LogP contribution in [0.2, 0.25) is 0 Å². The molecule has 0 aromatic heterocycles. The molecule has 0 spiro atoms. The van der Waals surface area contributed by atoms with E-state index < -0.39 is 29.6 Å². The van der Waals surface area contributed by atoms with Gasteiger partial charge >= 0.3 is 6.05 Å². The van der Waals surface area contributed by atoms with Crippen LogP contribution in [-0.2, 0) is 16.6 Å². The van der Waals surface area contributed by atoms with Crippen molar-refractivity contribution in [2.75, 3.05) is 0 Å². The van der Waals surface area contributed by atoms with Crippen molar-refractivity contribution in [3.05, 3.63) is 59.4 Å². The zero-order valence-electron chi connectivity index (χ0n) is 13.4. The molecule has 6 heteroatoms. The molecule has 1 amide bonds. The van der Waals surface area contributed by atoms with Gasteiger partial charge in [-0.15, -0.1) is 0 Å². The van der Waals surface area contributed by atoms with Gasteiger partial charge in [0.25, 0.3) is 0 Å². The van der Waals surface area contributed by atoms with Crippen LogP contribution in [0.1, 0.15) is 25.0 Å². The first-order chi connectivity index (χ1) is 11.0. The largest absolute Gasteiger partial charge is 0.369 e. The minimum Gasteiger partial charge on any atom is -0.369 e. The molecule has 2 rings (SSSR count). The molecule has 0 aliphatic carbocycles. The Kier molecular flexibility index (Phi) is 4.71. The van der Waals surface area contributed by atoms with E-state index in [-0.39, 0.29) is 0 Å². The lowest BCUT2D eigenvalue weighted by Gasteiger charge is -2.21. The van der Waals surface area contributed by atoms with Crippen molar-refractivity contribution in [2.45, 2.75) is 31.7 Å². The maximum absolute atomic E-state index is 14.4. The second kappa shape index (κ2) is 6.28. The summed E-state index contributed by atoms with van der Waals surface area (Å²) in [5.74, 6) is -1.07. The summed E-state index contributed by atoms with van der Waals surface area (Å²) in [6.07, 6.45) is -0.582. The number of nitrogens with two attached hydrogens (primary N) is 2. The molecule has 0 atom stereocenters. The summed E-state index contributed by atoms with van der Waals surface area (Å²) in [6, 6.07) is 7.23. The van der Waals surface area contributed by atoms with E-state index >= 15 is 0 Å². The van der Waals surface area contributed by atoms with Gasteiger partial charge in [-0.25, -0.2) is 4.39 Å². The van der Waals surface area contributed by atoms with Crippen LogP contribution in [-0.4, -0.2) is 12.0 Å². The van der Waals surface area contributed by atoms with Crippen molar-refractivity contribution >= 4 is 5.91 Å². The summed E-state index contributed by atoms with van der Waals surface area (Å²) in [5.41, 5.74) is 10.7. The number of alkyl halides is 2. The Bertz CT molecular complexity index is 750. The van der Waals surface area contributed by atoms with Crippen molar-refractivity contribution in [3.8, 4) is 11.1 Å². The van der Waals surface area contributed by atoms with Crippen LogP contribution in [0.25, 0.3) is 11.1 Å². The third kappa shape index (κ3) is 3.94. The number of carbonyl (C=O) groups excluding carboxylic acids is 1. The lowest BCUT2D eigenvalue weighted by atomic mass is 9.83. The van der Waals surface area contributed by atoms with E-state index in [0.717, 1.165) is 0 Å². The highest BCUT2D eigenvalue weighted by Gasteiger charge is 2.28. The maximum Gasteiger partial charge on any atom is 0.304 e. The Morgan fingerprint density at radius 1 is 1.08 bits per heavy atom. The zero-order valence-corrected chi connectivity index (χ0v) is 13.4. The van der Waals surface area contributed by atoms with E-state index in [9.17, 15) is 18.0 Å². The van der Waals surface area contributed by atoms with Gasteiger partial charge in [-0.3, -0.25) is 10.5 Å². The standard InChI is InChI=1S/C18H19F3N2O/c1-17(2,16(22)24)13-7-8-14(15(19)9-13)12-5-3-11(4-6-12)10-18(20,21)23/h3-9H,10,23H2,1-2H3,(H2,22,24). The molecule has 2 aromatic carbocycles. The van der Waals surface area contributed by atoms with E-state index in [1.54, 1.807) is 38.1 Å². The molecule has 0 aliphatic rings. The average molecular weight is 336 g/mol. The van der Waals surface area contributed by atoms with Gasteiger partial charge in [0.1, 0.15) is 5.82 Å². The van der Waals surface area contributed by atoms with Crippen LogP contribution < -0.4 is 11.5 Å². The minimum absolute atomic E-state index is 0.310. The zero-order chi connectivity index (χ0) is 18.1. The number of amides is 1. The molecule has 2 aromatic rings. The third-order valence-electron chi connectivity index (χ3n) is 4.01. The lowest BCUT2D eigenvalue weighted by Crippen LogP contribution is -2.35. The first-order valence-electron chi connectivity index (χ1n) is 7.36.